The van der Waals surface area contributed by atoms with Gasteiger partial charge in [-0.15, -0.1) is 0 Å². The molecular formula is C27H29F7N2O2. The Balaban J connectivity index is 1.61. The zero-order valence-electron chi connectivity index (χ0n) is 20.7. The van der Waals surface area contributed by atoms with Gasteiger partial charge in [0.1, 0.15) is 5.82 Å². The lowest BCUT2D eigenvalue weighted by molar-refractivity contribution is -0.143. The highest BCUT2D eigenvalue weighted by molar-refractivity contribution is 5.80. The van der Waals surface area contributed by atoms with Crippen LogP contribution in [0.1, 0.15) is 66.9 Å². The maximum Gasteiger partial charge on any atom is 0.416 e. The number of amides is 1. The van der Waals surface area contributed by atoms with Crippen LogP contribution in [-0.4, -0.2) is 36.0 Å². The highest BCUT2D eigenvalue weighted by atomic mass is 19.4. The number of benzene rings is 2. The second-order valence-electron chi connectivity index (χ2n) is 10.1. The fourth-order valence-corrected chi connectivity index (χ4v) is 5.79. The molecule has 4 rings (SSSR count). The van der Waals surface area contributed by atoms with Crippen molar-refractivity contribution in [3.05, 3.63) is 70.5 Å². The molecule has 0 spiro atoms. The molecule has 2 N–H and O–H groups in total. The van der Waals surface area contributed by atoms with Crippen LogP contribution in [0.3, 0.4) is 0 Å². The van der Waals surface area contributed by atoms with Crippen molar-refractivity contribution in [3.63, 3.8) is 0 Å². The molecule has 0 aromatic heterocycles. The predicted octanol–water partition coefficient (Wildman–Crippen LogP) is 6.45. The largest absolute Gasteiger partial charge is 0.416 e. The number of halogens is 7. The topological polar surface area (TPSA) is 55.6 Å². The van der Waals surface area contributed by atoms with Crippen LogP contribution in [0.5, 0.6) is 0 Å². The summed E-state index contributed by atoms with van der Waals surface area (Å²) >= 11 is 0. The van der Waals surface area contributed by atoms with E-state index in [1.54, 1.807) is 12.1 Å². The molecule has 1 heterocycles. The minimum atomic E-state index is -4.96. The van der Waals surface area contributed by atoms with Gasteiger partial charge in [0.2, 0.25) is 5.91 Å². The zero-order chi connectivity index (χ0) is 27.8. The Morgan fingerprint density at radius 3 is 2.16 bits per heavy atom. The number of likely N-dealkylation sites (tertiary alicyclic amines) is 1. The molecule has 3 unspecified atom stereocenters. The average molecular weight is 547 g/mol. The van der Waals surface area contributed by atoms with E-state index in [0.29, 0.717) is 44.5 Å². The van der Waals surface area contributed by atoms with Gasteiger partial charge in [0.15, 0.2) is 0 Å². The second kappa shape index (κ2) is 10.8. The van der Waals surface area contributed by atoms with Crippen LogP contribution in [0.25, 0.3) is 0 Å². The number of ether oxygens (including phenoxy) is 1. The summed E-state index contributed by atoms with van der Waals surface area (Å²) in [7, 11) is 0. The van der Waals surface area contributed by atoms with E-state index in [4.69, 9.17) is 10.5 Å². The van der Waals surface area contributed by atoms with E-state index < -0.39 is 53.5 Å². The van der Waals surface area contributed by atoms with Gasteiger partial charge in [0.05, 0.1) is 29.4 Å². The normalized spacial score (nSPS) is 25.6. The number of nitrogens with two attached hydrogens (primary N) is 1. The predicted molar refractivity (Wildman–Crippen MR) is 125 cm³/mol. The van der Waals surface area contributed by atoms with Crippen molar-refractivity contribution < 1.29 is 40.3 Å². The SMILES string of the molecule is C[C@@H](OC1CCC(CN2CCC[C@H]2C(N)=O)C1c1ccc(F)cc1)c1cc(C(F)(F)F)cc(C(F)(F)F)c1. The summed E-state index contributed by atoms with van der Waals surface area (Å²) < 4.78 is 100. The second-order valence-corrected chi connectivity index (χ2v) is 10.1. The van der Waals surface area contributed by atoms with Crippen LogP contribution < -0.4 is 5.73 Å². The first-order chi connectivity index (χ1) is 17.7. The molecule has 208 valence electrons. The molecule has 11 heteroatoms. The first kappa shape index (κ1) is 28.4. The molecule has 38 heavy (non-hydrogen) atoms. The number of alkyl halides is 6. The minimum absolute atomic E-state index is 0.0372. The van der Waals surface area contributed by atoms with Crippen LogP contribution in [0, 0.1) is 11.7 Å². The summed E-state index contributed by atoms with van der Waals surface area (Å²) in [4.78, 5) is 13.9. The average Bonchev–Trinajstić information content (AvgIpc) is 3.46. The van der Waals surface area contributed by atoms with E-state index in [2.05, 4.69) is 0 Å². The van der Waals surface area contributed by atoms with E-state index in [1.807, 2.05) is 4.90 Å². The van der Waals surface area contributed by atoms with E-state index >= 15 is 0 Å². The Labute approximate surface area is 215 Å². The molecule has 1 aliphatic carbocycles. The maximum atomic E-state index is 13.7. The molecule has 4 nitrogen and oxygen atoms in total. The number of carbonyl (C=O) groups excluding carboxylic acids is 1. The van der Waals surface area contributed by atoms with Gasteiger partial charge in [-0.3, -0.25) is 9.69 Å². The Morgan fingerprint density at radius 2 is 1.61 bits per heavy atom. The van der Waals surface area contributed by atoms with E-state index in [9.17, 15) is 35.5 Å². The van der Waals surface area contributed by atoms with Crippen molar-refractivity contribution in [3.8, 4) is 0 Å². The molecule has 1 amide bonds. The third-order valence-electron chi connectivity index (χ3n) is 7.60. The first-order valence-electron chi connectivity index (χ1n) is 12.5. The van der Waals surface area contributed by atoms with E-state index in [0.717, 1.165) is 12.0 Å². The fraction of sp³-hybridized carbons (Fsp3) is 0.519. The smallest absolute Gasteiger partial charge is 0.370 e. The van der Waals surface area contributed by atoms with Crippen molar-refractivity contribution in [2.24, 2.45) is 11.7 Å². The lowest BCUT2D eigenvalue weighted by atomic mass is 9.86. The summed E-state index contributed by atoms with van der Waals surface area (Å²) in [6.45, 7) is 2.63. The van der Waals surface area contributed by atoms with Gasteiger partial charge in [-0.05, 0) is 86.5 Å². The molecule has 0 bridgehead atoms. The van der Waals surface area contributed by atoms with Crippen LogP contribution in [0.15, 0.2) is 42.5 Å². The molecule has 1 aliphatic heterocycles. The van der Waals surface area contributed by atoms with Gasteiger partial charge in [0.25, 0.3) is 0 Å². The van der Waals surface area contributed by atoms with Gasteiger partial charge in [-0.2, -0.15) is 26.3 Å². The molecular weight excluding hydrogens is 517 g/mol. The Kier molecular flexibility index (Phi) is 8.09. The number of rotatable bonds is 7. The van der Waals surface area contributed by atoms with Gasteiger partial charge in [0, 0.05) is 12.5 Å². The molecule has 5 atom stereocenters. The number of hydrogen-bond acceptors (Lipinski definition) is 3. The summed E-state index contributed by atoms with van der Waals surface area (Å²) in [6, 6.07) is 6.89. The van der Waals surface area contributed by atoms with Crippen LogP contribution in [0.2, 0.25) is 0 Å². The van der Waals surface area contributed by atoms with Gasteiger partial charge >= 0.3 is 12.4 Å². The summed E-state index contributed by atoms with van der Waals surface area (Å²) in [5.41, 5.74) is 3.28. The lowest BCUT2D eigenvalue weighted by Gasteiger charge is -2.32. The standard InChI is InChI=1S/C27H29F7N2O2/c1-15(18-11-19(26(29,30)31)13-20(12-18)27(32,33)34)38-23-9-6-17(14-36-10-2-3-22(36)25(35)37)24(23)16-4-7-21(28)8-5-16/h4-5,7-8,11-13,15,17,22-24H,2-3,6,9-10,14H2,1H3,(H2,35,37)/t15-,17?,22+,23?,24?/m1/s1. The Morgan fingerprint density at radius 1 is 1.00 bits per heavy atom. The fourth-order valence-electron chi connectivity index (χ4n) is 5.79. The van der Waals surface area contributed by atoms with E-state index in [-0.39, 0.29) is 23.5 Å². The highest BCUT2D eigenvalue weighted by Crippen LogP contribution is 2.45. The zero-order valence-corrected chi connectivity index (χ0v) is 20.7. The Bertz CT molecular complexity index is 1100. The van der Waals surface area contributed by atoms with Crippen LogP contribution >= 0.6 is 0 Å². The summed E-state index contributed by atoms with van der Waals surface area (Å²) in [5, 5.41) is 0. The van der Waals surface area contributed by atoms with E-state index in [1.165, 1.54) is 19.1 Å². The first-order valence-corrected chi connectivity index (χ1v) is 12.5. The molecule has 2 aromatic carbocycles. The third-order valence-corrected chi connectivity index (χ3v) is 7.60. The van der Waals surface area contributed by atoms with Crippen LogP contribution in [0.4, 0.5) is 30.7 Å². The van der Waals surface area contributed by atoms with Crippen LogP contribution in [-0.2, 0) is 21.9 Å². The minimum Gasteiger partial charge on any atom is -0.370 e. The number of nitrogens with zero attached hydrogens (tertiary/aromatic N) is 1. The van der Waals surface area contributed by atoms with Crippen molar-refractivity contribution in [2.45, 2.75) is 69.1 Å². The quantitative estimate of drug-likeness (QED) is 0.406. The molecule has 2 aliphatic rings. The molecule has 0 radical (unpaired) electrons. The van der Waals surface area contributed by atoms with Gasteiger partial charge in [-0.25, -0.2) is 4.39 Å². The molecule has 2 fully saturated rings. The molecule has 1 saturated heterocycles. The number of hydrogen-bond donors (Lipinski definition) is 1. The van der Waals surface area contributed by atoms with Gasteiger partial charge in [-0.1, -0.05) is 12.1 Å². The van der Waals surface area contributed by atoms with Crippen molar-refractivity contribution in [2.75, 3.05) is 13.1 Å². The lowest BCUT2D eigenvalue weighted by Crippen LogP contribution is -2.43. The molecule has 2 aromatic rings. The van der Waals surface area contributed by atoms with Gasteiger partial charge < -0.3 is 10.5 Å². The summed E-state index contributed by atoms with van der Waals surface area (Å²) in [5.74, 6) is -1.19. The maximum absolute atomic E-state index is 13.7. The summed E-state index contributed by atoms with van der Waals surface area (Å²) in [6.07, 6.45) is -8.93. The third kappa shape index (κ3) is 6.31. The number of carbonyl (C=O) groups is 1. The van der Waals surface area contributed by atoms with Crippen molar-refractivity contribution >= 4 is 5.91 Å². The van der Waals surface area contributed by atoms with Crippen molar-refractivity contribution in [1.29, 1.82) is 0 Å². The van der Waals surface area contributed by atoms with Crippen molar-refractivity contribution in [1.82, 2.24) is 4.90 Å². The Hall–Kier alpha value is -2.66. The monoisotopic (exact) mass is 546 g/mol. The highest BCUT2D eigenvalue weighted by Gasteiger charge is 2.42. The molecule has 1 saturated carbocycles. The number of primary amides is 1.